The highest BCUT2D eigenvalue weighted by atomic mass is 35.5. The van der Waals surface area contributed by atoms with Gasteiger partial charge in [0.2, 0.25) is 11.9 Å². The SMILES string of the molecule is CC[C@H]1C(=O)Nc2c(C)nc(NCc3cnn(Cc4ccc(F)cc4Cl)c3)nc2N1C. The Morgan fingerprint density at radius 2 is 2.13 bits per heavy atom. The van der Waals surface area contributed by atoms with Crippen LogP contribution in [0.1, 0.15) is 30.2 Å². The Kier molecular flexibility index (Phi) is 5.77. The van der Waals surface area contributed by atoms with Gasteiger partial charge in [0.15, 0.2) is 5.82 Å². The number of aromatic nitrogens is 4. The van der Waals surface area contributed by atoms with E-state index < -0.39 is 0 Å². The topological polar surface area (TPSA) is 88.0 Å². The lowest BCUT2D eigenvalue weighted by atomic mass is 10.1. The van der Waals surface area contributed by atoms with Crippen LogP contribution in [-0.2, 0) is 17.9 Å². The first-order valence-corrected chi connectivity index (χ1v) is 10.3. The summed E-state index contributed by atoms with van der Waals surface area (Å²) >= 11 is 6.10. The number of carbonyl (C=O) groups is 1. The average molecular weight is 444 g/mol. The average Bonchev–Trinajstić information content (AvgIpc) is 3.17. The van der Waals surface area contributed by atoms with E-state index in [1.807, 2.05) is 32.0 Å². The third kappa shape index (κ3) is 4.32. The Bertz CT molecular complexity index is 1130. The summed E-state index contributed by atoms with van der Waals surface area (Å²) in [5.74, 6) is 0.764. The minimum Gasteiger partial charge on any atom is -0.350 e. The van der Waals surface area contributed by atoms with Crippen LogP contribution in [0.25, 0.3) is 0 Å². The molecule has 0 radical (unpaired) electrons. The van der Waals surface area contributed by atoms with E-state index >= 15 is 0 Å². The molecule has 0 bridgehead atoms. The number of fused-ring (bicyclic) bond motifs is 1. The molecule has 162 valence electrons. The summed E-state index contributed by atoms with van der Waals surface area (Å²) in [6.07, 6.45) is 4.32. The molecule has 0 aliphatic carbocycles. The number of amides is 1. The van der Waals surface area contributed by atoms with Crippen LogP contribution < -0.4 is 15.5 Å². The van der Waals surface area contributed by atoms with E-state index in [0.29, 0.717) is 47.7 Å². The van der Waals surface area contributed by atoms with Crippen molar-refractivity contribution in [2.75, 3.05) is 22.6 Å². The largest absolute Gasteiger partial charge is 0.350 e. The predicted molar refractivity (Wildman–Crippen MR) is 118 cm³/mol. The van der Waals surface area contributed by atoms with Crippen LogP contribution in [0.5, 0.6) is 0 Å². The van der Waals surface area contributed by atoms with E-state index in [4.69, 9.17) is 11.6 Å². The molecule has 3 heterocycles. The van der Waals surface area contributed by atoms with Crippen LogP contribution in [0.15, 0.2) is 30.6 Å². The zero-order valence-electron chi connectivity index (χ0n) is 17.5. The Hall–Kier alpha value is -3.20. The van der Waals surface area contributed by atoms with Gasteiger partial charge in [0.05, 0.1) is 18.4 Å². The maximum absolute atomic E-state index is 13.2. The number of carbonyl (C=O) groups excluding carboxylic acids is 1. The van der Waals surface area contributed by atoms with Crippen LogP contribution in [0, 0.1) is 12.7 Å². The summed E-state index contributed by atoms with van der Waals surface area (Å²) in [6, 6.07) is 4.07. The van der Waals surface area contributed by atoms with Crippen molar-refractivity contribution in [1.82, 2.24) is 19.7 Å². The quantitative estimate of drug-likeness (QED) is 0.605. The standard InChI is InChI=1S/C21H23ClFN7O/c1-4-17-20(31)27-18-12(2)26-21(28-19(18)29(17)3)24-8-13-9-25-30(10-13)11-14-5-6-15(23)7-16(14)22/h5-7,9-10,17H,4,8,11H2,1-3H3,(H,27,31)(H,24,26,28)/t17-/m0/s1. The lowest BCUT2D eigenvalue weighted by Crippen LogP contribution is -2.46. The molecule has 0 saturated carbocycles. The molecule has 4 rings (SSSR count). The van der Waals surface area contributed by atoms with Crippen molar-refractivity contribution in [3.63, 3.8) is 0 Å². The molecule has 3 aromatic rings. The molecule has 0 fully saturated rings. The number of nitrogens with zero attached hydrogens (tertiary/aromatic N) is 5. The van der Waals surface area contributed by atoms with Crippen LogP contribution in [0.3, 0.4) is 0 Å². The molecule has 1 aromatic carbocycles. The van der Waals surface area contributed by atoms with Crippen LogP contribution in [0.2, 0.25) is 5.02 Å². The number of rotatable bonds is 6. The minimum absolute atomic E-state index is 0.0430. The fourth-order valence-electron chi connectivity index (χ4n) is 3.62. The molecule has 0 spiro atoms. The molecule has 31 heavy (non-hydrogen) atoms. The van der Waals surface area contributed by atoms with Crippen molar-refractivity contribution in [3.05, 3.63) is 58.3 Å². The van der Waals surface area contributed by atoms with Crippen LogP contribution in [0.4, 0.5) is 21.8 Å². The molecular formula is C21H23ClFN7O. The number of hydrogen-bond acceptors (Lipinski definition) is 6. The fraction of sp³-hybridized carbons (Fsp3) is 0.333. The number of likely N-dealkylation sites (N-methyl/N-ethyl adjacent to an activating group) is 1. The van der Waals surface area contributed by atoms with Gasteiger partial charge in [-0.25, -0.2) is 9.37 Å². The van der Waals surface area contributed by atoms with Crippen molar-refractivity contribution in [2.45, 2.75) is 39.4 Å². The lowest BCUT2D eigenvalue weighted by Gasteiger charge is -2.34. The maximum Gasteiger partial charge on any atom is 0.247 e. The van der Waals surface area contributed by atoms with Gasteiger partial charge in [0.25, 0.3) is 0 Å². The number of nitrogens with one attached hydrogen (secondary N) is 2. The normalized spacial score (nSPS) is 15.6. The summed E-state index contributed by atoms with van der Waals surface area (Å²) in [7, 11) is 1.87. The second kappa shape index (κ2) is 8.50. The zero-order valence-corrected chi connectivity index (χ0v) is 18.2. The number of aryl methyl sites for hydroxylation is 1. The Morgan fingerprint density at radius 3 is 2.87 bits per heavy atom. The van der Waals surface area contributed by atoms with Gasteiger partial charge in [0, 0.05) is 30.4 Å². The van der Waals surface area contributed by atoms with E-state index in [1.165, 1.54) is 12.1 Å². The molecule has 0 saturated heterocycles. The smallest absolute Gasteiger partial charge is 0.247 e. The van der Waals surface area contributed by atoms with Crippen molar-refractivity contribution in [2.24, 2.45) is 0 Å². The molecule has 0 unspecified atom stereocenters. The van der Waals surface area contributed by atoms with E-state index in [-0.39, 0.29) is 17.8 Å². The Labute approximate surface area is 184 Å². The van der Waals surface area contributed by atoms with Crippen molar-refractivity contribution >= 4 is 35.0 Å². The molecule has 2 aromatic heterocycles. The van der Waals surface area contributed by atoms with Crippen molar-refractivity contribution in [3.8, 4) is 0 Å². The Balaban J connectivity index is 1.46. The van der Waals surface area contributed by atoms with E-state index in [0.717, 1.165) is 11.1 Å². The zero-order chi connectivity index (χ0) is 22.1. The van der Waals surface area contributed by atoms with Gasteiger partial charge in [-0.15, -0.1) is 0 Å². The van der Waals surface area contributed by atoms with Gasteiger partial charge in [-0.05, 0) is 31.0 Å². The molecule has 1 atom stereocenters. The lowest BCUT2D eigenvalue weighted by molar-refractivity contribution is -0.117. The highest BCUT2D eigenvalue weighted by Gasteiger charge is 2.32. The fourth-order valence-corrected chi connectivity index (χ4v) is 3.84. The molecule has 1 aliphatic heterocycles. The summed E-state index contributed by atoms with van der Waals surface area (Å²) < 4.78 is 15.0. The predicted octanol–water partition coefficient (Wildman–Crippen LogP) is 3.60. The number of hydrogen-bond donors (Lipinski definition) is 2. The van der Waals surface area contributed by atoms with Crippen molar-refractivity contribution < 1.29 is 9.18 Å². The van der Waals surface area contributed by atoms with Gasteiger partial charge < -0.3 is 15.5 Å². The van der Waals surface area contributed by atoms with Crippen LogP contribution >= 0.6 is 11.6 Å². The summed E-state index contributed by atoms with van der Waals surface area (Å²) in [6.45, 7) is 4.73. The Morgan fingerprint density at radius 1 is 1.32 bits per heavy atom. The third-order valence-corrected chi connectivity index (χ3v) is 5.65. The monoisotopic (exact) mass is 443 g/mol. The first kappa shape index (κ1) is 21.0. The molecular weight excluding hydrogens is 421 g/mol. The molecule has 8 nitrogen and oxygen atoms in total. The second-order valence-corrected chi connectivity index (χ2v) is 7.90. The third-order valence-electron chi connectivity index (χ3n) is 5.29. The maximum atomic E-state index is 13.2. The first-order chi connectivity index (χ1) is 14.9. The number of halogens is 2. The highest BCUT2D eigenvalue weighted by molar-refractivity contribution is 6.31. The van der Waals surface area contributed by atoms with E-state index in [9.17, 15) is 9.18 Å². The van der Waals surface area contributed by atoms with Gasteiger partial charge >= 0.3 is 0 Å². The van der Waals surface area contributed by atoms with Gasteiger partial charge in [-0.2, -0.15) is 10.1 Å². The second-order valence-electron chi connectivity index (χ2n) is 7.49. The van der Waals surface area contributed by atoms with Gasteiger partial charge in [-0.3, -0.25) is 9.48 Å². The molecule has 10 heteroatoms. The van der Waals surface area contributed by atoms with Crippen LogP contribution in [-0.4, -0.2) is 38.7 Å². The highest BCUT2D eigenvalue weighted by Crippen LogP contribution is 2.33. The number of benzene rings is 1. The first-order valence-electron chi connectivity index (χ1n) is 9.97. The summed E-state index contributed by atoms with van der Waals surface area (Å²) in [5.41, 5.74) is 3.07. The summed E-state index contributed by atoms with van der Waals surface area (Å²) in [5, 5.41) is 10.9. The minimum atomic E-state index is -0.366. The molecule has 1 amide bonds. The van der Waals surface area contributed by atoms with Crippen molar-refractivity contribution in [1.29, 1.82) is 0 Å². The van der Waals surface area contributed by atoms with Gasteiger partial charge in [-0.1, -0.05) is 24.6 Å². The van der Waals surface area contributed by atoms with E-state index in [1.54, 1.807) is 16.9 Å². The number of anilines is 3. The molecule has 1 aliphatic rings. The van der Waals surface area contributed by atoms with Gasteiger partial charge in [0.1, 0.15) is 17.5 Å². The summed E-state index contributed by atoms with van der Waals surface area (Å²) in [4.78, 5) is 23.2. The van der Waals surface area contributed by atoms with E-state index in [2.05, 4.69) is 25.7 Å². The molecule has 2 N–H and O–H groups in total.